The zero-order valence-corrected chi connectivity index (χ0v) is 14.2. The maximum Gasteiger partial charge on any atom is 0.338 e. The number of H-pyrrole nitrogens is 1. The standard InChI is InChI=1S/C19H21N3O3/c1-2-25-19(24)13-8-9-15-14(10-13)21-18(23)16-11-20-17(22(15)16)12-6-4-3-5-7-12/h8-12H,2-7H2,1H3,(H,21,23). The Labute approximate surface area is 144 Å². The van der Waals surface area contributed by atoms with Gasteiger partial charge >= 0.3 is 5.97 Å². The van der Waals surface area contributed by atoms with Crippen molar-refractivity contribution < 1.29 is 9.53 Å². The number of benzene rings is 1. The van der Waals surface area contributed by atoms with Gasteiger partial charge < -0.3 is 9.72 Å². The van der Waals surface area contributed by atoms with Crippen molar-refractivity contribution in [1.29, 1.82) is 0 Å². The van der Waals surface area contributed by atoms with Gasteiger partial charge in [-0.1, -0.05) is 19.3 Å². The summed E-state index contributed by atoms with van der Waals surface area (Å²) >= 11 is 0. The van der Waals surface area contributed by atoms with Crippen LogP contribution >= 0.6 is 0 Å². The van der Waals surface area contributed by atoms with E-state index in [2.05, 4.69) is 9.97 Å². The summed E-state index contributed by atoms with van der Waals surface area (Å²) in [6, 6.07) is 5.28. The fourth-order valence-corrected chi connectivity index (χ4v) is 3.79. The van der Waals surface area contributed by atoms with Crippen LogP contribution < -0.4 is 5.56 Å². The number of nitrogens with one attached hydrogen (secondary N) is 1. The molecule has 1 N–H and O–H groups in total. The number of aromatic amines is 1. The molecule has 0 amide bonds. The molecule has 0 bridgehead atoms. The first-order chi connectivity index (χ1) is 12.2. The molecule has 0 radical (unpaired) electrons. The minimum Gasteiger partial charge on any atom is -0.462 e. The van der Waals surface area contributed by atoms with Crippen LogP contribution in [-0.2, 0) is 4.74 Å². The van der Waals surface area contributed by atoms with Crippen LogP contribution in [0.5, 0.6) is 0 Å². The molecule has 1 saturated carbocycles. The number of aromatic nitrogens is 3. The zero-order chi connectivity index (χ0) is 17.4. The SMILES string of the molecule is CCOC(=O)c1ccc2c(c1)[nH]c(=O)c1cnc(C3CCCCC3)n12. The Morgan fingerprint density at radius 2 is 2.08 bits per heavy atom. The van der Waals surface area contributed by atoms with Crippen LogP contribution in [0.25, 0.3) is 16.6 Å². The molecule has 6 nitrogen and oxygen atoms in total. The fourth-order valence-electron chi connectivity index (χ4n) is 3.79. The number of imidazole rings is 1. The first kappa shape index (κ1) is 15.9. The van der Waals surface area contributed by atoms with Gasteiger partial charge in [0.15, 0.2) is 0 Å². The Kier molecular flexibility index (Phi) is 4.03. The van der Waals surface area contributed by atoms with E-state index in [4.69, 9.17) is 4.74 Å². The third kappa shape index (κ3) is 2.71. The van der Waals surface area contributed by atoms with Crippen molar-refractivity contribution in [3.63, 3.8) is 0 Å². The molecule has 1 fully saturated rings. The summed E-state index contributed by atoms with van der Waals surface area (Å²) in [5.74, 6) is 0.948. The van der Waals surface area contributed by atoms with Gasteiger partial charge in [0.05, 0.1) is 29.4 Å². The fraction of sp³-hybridized carbons (Fsp3) is 0.421. The maximum atomic E-state index is 12.5. The van der Waals surface area contributed by atoms with Gasteiger partial charge in [0.25, 0.3) is 5.56 Å². The van der Waals surface area contributed by atoms with Crippen molar-refractivity contribution in [3.8, 4) is 0 Å². The van der Waals surface area contributed by atoms with E-state index in [-0.39, 0.29) is 11.5 Å². The van der Waals surface area contributed by atoms with Crippen molar-refractivity contribution >= 4 is 22.5 Å². The summed E-state index contributed by atoms with van der Waals surface area (Å²) in [6.07, 6.45) is 7.54. The molecule has 1 aliphatic carbocycles. The maximum absolute atomic E-state index is 12.5. The Hall–Kier alpha value is -2.63. The molecule has 2 aromatic heterocycles. The van der Waals surface area contributed by atoms with E-state index >= 15 is 0 Å². The van der Waals surface area contributed by atoms with Crippen molar-refractivity contribution in [3.05, 3.63) is 46.1 Å². The quantitative estimate of drug-likeness (QED) is 0.742. The van der Waals surface area contributed by atoms with Crippen molar-refractivity contribution in [2.75, 3.05) is 6.61 Å². The summed E-state index contributed by atoms with van der Waals surface area (Å²) < 4.78 is 7.01. The molecule has 1 aliphatic rings. The largest absolute Gasteiger partial charge is 0.462 e. The van der Waals surface area contributed by atoms with Crippen LogP contribution in [0.4, 0.5) is 0 Å². The zero-order valence-electron chi connectivity index (χ0n) is 14.2. The second kappa shape index (κ2) is 6.35. The molecular formula is C19H21N3O3. The van der Waals surface area contributed by atoms with Gasteiger partial charge in [-0.15, -0.1) is 0 Å². The molecule has 6 heteroatoms. The van der Waals surface area contributed by atoms with Crippen molar-refractivity contribution in [1.82, 2.24) is 14.4 Å². The van der Waals surface area contributed by atoms with Gasteiger partial charge in [-0.3, -0.25) is 9.20 Å². The third-order valence-corrected chi connectivity index (χ3v) is 4.99. The second-order valence-electron chi connectivity index (χ2n) is 6.58. The van der Waals surface area contributed by atoms with Gasteiger partial charge in [0.1, 0.15) is 11.3 Å². The van der Waals surface area contributed by atoms with Gasteiger partial charge in [0, 0.05) is 5.92 Å². The Morgan fingerprint density at radius 3 is 2.84 bits per heavy atom. The highest BCUT2D eigenvalue weighted by molar-refractivity contribution is 5.94. The van der Waals surface area contributed by atoms with E-state index in [9.17, 15) is 9.59 Å². The summed E-state index contributed by atoms with van der Waals surface area (Å²) in [5.41, 5.74) is 2.28. The van der Waals surface area contributed by atoms with E-state index < -0.39 is 0 Å². The lowest BCUT2D eigenvalue weighted by atomic mass is 9.89. The predicted molar refractivity (Wildman–Crippen MR) is 95.1 cm³/mol. The Balaban J connectivity index is 1.91. The number of esters is 1. The minimum atomic E-state index is -0.386. The lowest BCUT2D eigenvalue weighted by Crippen LogP contribution is -2.14. The summed E-state index contributed by atoms with van der Waals surface area (Å²) in [6.45, 7) is 2.09. The topological polar surface area (TPSA) is 76.5 Å². The monoisotopic (exact) mass is 339 g/mol. The Morgan fingerprint density at radius 1 is 1.28 bits per heavy atom. The van der Waals surface area contributed by atoms with Gasteiger partial charge in [0.2, 0.25) is 0 Å². The number of carbonyl (C=O) groups excluding carboxylic acids is 1. The summed E-state index contributed by atoms with van der Waals surface area (Å²) in [7, 11) is 0. The van der Waals surface area contributed by atoms with Crippen LogP contribution in [-0.4, -0.2) is 26.9 Å². The smallest absolute Gasteiger partial charge is 0.338 e. The van der Waals surface area contributed by atoms with E-state index in [0.29, 0.717) is 29.1 Å². The number of fused-ring (bicyclic) bond motifs is 3. The minimum absolute atomic E-state index is 0.192. The molecule has 3 aromatic rings. The van der Waals surface area contributed by atoms with Crippen LogP contribution in [0.1, 0.15) is 61.1 Å². The lowest BCUT2D eigenvalue weighted by molar-refractivity contribution is 0.0526. The number of carbonyl (C=O) groups is 1. The third-order valence-electron chi connectivity index (χ3n) is 4.99. The van der Waals surface area contributed by atoms with Crippen LogP contribution in [0, 0.1) is 0 Å². The molecule has 25 heavy (non-hydrogen) atoms. The molecule has 130 valence electrons. The first-order valence-electron chi connectivity index (χ1n) is 8.89. The summed E-state index contributed by atoms with van der Waals surface area (Å²) in [4.78, 5) is 31.9. The normalized spacial score (nSPS) is 15.7. The molecule has 0 atom stereocenters. The average Bonchev–Trinajstić information content (AvgIpc) is 3.08. The number of rotatable bonds is 3. The number of nitrogens with zero attached hydrogens (tertiary/aromatic N) is 2. The van der Waals surface area contributed by atoms with Crippen molar-refractivity contribution in [2.24, 2.45) is 0 Å². The highest BCUT2D eigenvalue weighted by Crippen LogP contribution is 2.32. The molecule has 1 aromatic carbocycles. The van der Waals surface area contributed by atoms with Crippen LogP contribution in [0.2, 0.25) is 0 Å². The average molecular weight is 339 g/mol. The second-order valence-corrected chi connectivity index (χ2v) is 6.58. The molecule has 0 spiro atoms. The lowest BCUT2D eigenvalue weighted by Gasteiger charge is -2.21. The number of hydrogen-bond acceptors (Lipinski definition) is 4. The summed E-state index contributed by atoms with van der Waals surface area (Å²) in [5, 5.41) is 0. The highest BCUT2D eigenvalue weighted by atomic mass is 16.5. The predicted octanol–water partition coefficient (Wildman–Crippen LogP) is 3.40. The van der Waals surface area contributed by atoms with E-state index in [0.717, 1.165) is 24.2 Å². The number of ether oxygens (including phenoxy) is 1. The molecule has 0 saturated heterocycles. The molecule has 2 heterocycles. The van der Waals surface area contributed by atoms with Gasteiger partial charge in [-0.05, 0) is 38.0 Å². The van der Waals surface area contributed by atoms with Gasteiger partial charge in [-0.25, -0.2) is 9.78 Å². The van der Waals surface area contributed by atoms with Crippen LogP contribution in [0.3, 0.4) is 0 Å². The Bertz CT molecular complexity index is 996. The van der Waals surface area contributed by atoms with Gasteiger partial charge in [-0.2, -0.15) is 0 Å². The van der Waals surface area contributed by atoms with E-state index in [1.54, 1.807) is 25.3 Å². The van der Waals surface area contributed by atoms with E-state index in [1.807, 2.05) is 10.5 Å². The first-order valence-corrected chi connectivity index (χ1v) is 8.89. The molecular weight excluding hydrogens is 318 g/mol. The van der Waals surface area contributed by atoms with E-state index in [1.165, 1.54) is 19.3 Å². The molecule has 4 rings (SSSR count). The molecule has 0 aliphatic heterocycles. The highest BCUT2D eigenvalue weighted by Gasteiger charge is 2.22. The molecule has 0 unspecified atom stereocenters. The number of hydrogen-bond donors (Lipinski definition) is 1. The van der Waals surface area contributed by atoms with Crippen molar-refractivity contribution in [2.45, 2.75) is 44.9 Å². The van der Waals surface area contributed by atoms with Crippen LogP contribution in [0.15, 0.2) is 29.2 Å².